The zero-order valence-corrected chi connectivity index (χ0v) is 8.72. The number of hydrogen-bond donors (Lipinski definition) is 0. The van der Waals surface area contributed by atoms with Crippen molar-refractivity contribution in [2.24, 2.45) is 0 Å². The van der Waals surface area contributed by atoms with Crippen LogP contribution in [0.5, 0.6) is 0 Å². The van der Waals surface area contributed by atoms with Crippen LogP contribution in [0.2, 0.25) is 19.1 Å². The van der Waals surface area contributed by atoms with Crippen molar-refractivity contribution in [3.05, 3.63) is 0 Å². The molecule has 0 rings (SSSR count). The zero-order chi connectivity index (χ0) is 8.74. The van der Waals surface area contributed by atoms with Crippen LogP contribution in [-0.2, 0) is 9.22 Å². The van der Waals surface area contributed by atoms with E-state index in [0.717, 1.165) is 25.4 Å². The maximum absolute atomic E-state index is 10.0. The minimum atomic E-state index is -1.40. The van der Waals surface area contributed by atoms with E-state index in [1.807, 2.05) is 6.92 Å². The Morgan fingerprint density at radius 2 is 2.09 bits per heavy atom. The van der Waals surface area contributed by atoms with Gasteiger partial charge in [0.25, 0.3) is 0 Å². The van der Waals surface area contributed by atoms with Crippen molar-refractivity contribution in [3.63, 3.8) is 0 Å². The number of unbranched alkanes of at least 4 members (excludes halogenated alkanes) is 1. The summed E-state index contributed by atoms with van der Waals surface area (Å²) in [5, 5.41) is 0. The quantitative estimate of drug-likeness (QED) is 0.350. The van der Waals surface area contributed by atoms with E-state index in [9.17, 15) is 4.79 Å². The van der Waals surface area contributed by atoms with E-state index in [0.29, 0.717) is 6.42 Å². The summed E-state index contributed by atoms with van der Waals surface area (Å²) in [5.41, 5.74) is 0. The smallest absolute Gasteiger partial charge is 0.186 e. The summed E-state index contributed by atoms with van der Waals surface area (Å²) in [6.07, 6.45) is 2.66. The Morgan fingerprint density at radius 1 is 1.45 bits per heavy atom. The fourth-order valence-electron chi connectivity index (χ4n) is 1.07. The second kappa shape index (κ2) is 5.49. The first-order chi connectivity index (χ1) is 5.12. The summed E-state index contributed by atoms with van der Waals surface area (Å²) >= 11 is 0. The fourth-order valence-corrected chi connectivity index (χ4v) is 3.06. The predicted octanol–water partition coefficient (Wildman–Crippen LogP) is 2.21. The SMILES string of the molecule is CCO[Si](C)(C)CCCC=O. The molecule has 0 amide bonds. The summed E-state index contributed by atoms with van der Waals surface area (Å²) < 4.78 is 5.60. The van der Waals surface area contributed by atoms with Crippen LogP contribution in [0.1, 0.15) is 19.8 Å². The first-order valence-corrected chi connectivity index (χ1v) is 7.31. The van der Waals surface area contributed by atoms with Crippen molar-refractivity contribution in [1.82, 2.24) is 0 Å². The highest BCUT2D eigenvalue weighted by Crippen LogP contribution is 2.13. The number of carbonyl (C=O) groups excluding carboxylic acids is 1. The molecular weight excluding hydrogens is 156 g/mol. The van der Waals surface area contributed by atoms with E-state index in [2.05, 4.69) is 13.1 Å². The number of hydrogen-bond acceptors (Lipinski definition) is 2. The van der Waals surface area contributed by atoms with Gasteiger partial charge in [-0.05, 0) is 32.5 Å². The van der Waals surface area contributed by atoms with E-state index in [4.69, 9.17) is 4.43 Å². The van der Waals surface area contributed by atoms with Crippen LogP contribution in [0, 0.1) is 0 Å². The van der Waals surface area contributed by atoms with Crippen molar-refractivity contribution in [3.8, 4) is 0 Å². The first-order valence-electron chi connectivity index (χ1n) is 4.20. The van der Waals surface area contributed by atoms with Gasteiger partial charge in [0.2, 0.25) is 0 Å². The molecule has 0 unspecified atom stereocenters. The average molecular weight is 174 g/mol. The van der Waals surface area contributed by atoms with Gasteiger partial charge in [-0.15, -0.1) is 0 Å². The highest BCUT2D eigenvalue weighted by molar-refractivity contribution is 6.71. The van der Waals surface area contributed by atoms with E-state index < -0.39 is 8.32 Å². The molecule has 0 bridgehead atoms. The van der Waals surface area contributed by atoms with Crippen LogP contribution in [0.4, 0.5) is 0 Å². The minimum Gasteiger partial charge on any atom is -0.418 e. The van der Waals surface area contributed by atoms with Crippen LogP contribution in [0.25, 0.3) is 0 Å². The number of carbonyl (C=O) groups is 1. The molecule has 0 heterocycles. The summed E-state index contributed by atoms with van der Waals surface area (Å²) in [7, 11) is -1.40. The van der Waals surface area contributed by atoms with E-state index in [-0.39, 0.29) is 0 Å². The van der Waals surface area contributed by atoms with Crippen LogP contribution in [-0.4, -0.2) is 21.2 Å². The summed E-state index contributed by atoms with van der Waals surface area (Å²) in [6.45, 7) is 7.22. The molecule has 0 N–H and O–H groups in total. The predicted molar refractivity (Wildman–Crippen MR) is 49.2 cm³/mol. The lowest BCUT2D eigenvalue weighted by Crippen LogP contribution is -2.29. The Labute approximate surface area is 70.1 Å². The maximum atomic E-state index is 10.0. The van der Waals surface area contributed by atoms with Gasteiger partial charge in [0, 0.05) is 13.0 Å². The fraction of sp³-hybridized carbons (Fsp3) is 0.875. The van der Waals surface area contributed by atoms with Gasteiger partial charge in [-0.3, -0.25) is 0 Å². The number of rotatable bonds is 6. The van der Waals surface area contributed by atoms with Crippen LogP contribution < -0.4 is 0 Å². The van der Waals surface area contributed by atoms with E-state index in [1.165, 1.54) is 0 Å². The molecule has 0 aliphatic heterocycles. The third kappa shape index (κ3) is 6.25. The van der Waals surface area contributed by atoms with Gasteiger partial charge in [-0.1, -0.05) is 0 Å². The van der Waals surface area contributed by atoms with Gasteiger partial charge in [0.15, 0.2) is 8.32 Å². The Morgan fingerprint density at radius 3 is 2.55 bits per heavy atom. The Kier molecular flexibility index (Phi) is 5.41. The normalized spacial score (nSPS) is 11.5. The highest BCUT2D eigenvalue weighted by atomic mass is 28.4. The zero-order valence-electron chi connectivity index (χ0n) is 7.72. The van der Waals surface area contributed by atoms with Gasteiger partial charge >= 0.3 is 0 Å². The maximum Gasteiger partial charge on any atom is 0.186 e. The lowest BCUT2D eigenvalue weighted by atomic mass is 10.4. The molecule has 66 valence electrons. The van der Waals surface area contributed by atoms with Crippen LogP contribution in [0.3, 0.4) is 0 Å². The molecule has 3 heteroatoms. The van der Waals surface area contributed by atoms with Crippen molar-refractivity contribution in [2.75, 3.05) is 6.61 Å². The van der Waals surface area contributed by atoms with Crippen molar-refractivity contribution in [2.45, 2.75) is 38.9 Å². The second-order valence-electron chi connectivity index (χ2n) is 3.25. The molecule has 0 fully saturated rings. The molecular formula is C8H18O2Si. The number of aldehydes is 1. The molecule has 0 atom stereocenters. The molecule has 11 heavy (non-hydrogen) atoms. The average Bonchev–Trinajstić information content (AvgIpc) is 1.87. The van der Waals surface area contributed by atoms with Crippen molar-refractivity contribution in [1.29, 1.82) is 0 Å². The topological polar surface area (TPSA) is 26.3 Å². The molecule has 0 aromatic carbocycles. The monoisotopic (exact) mass is 174 g/mol. The standard InChI is InChI=1S/C8H18O2Si/c1-4-10-11(2,3)8-6-5-7-9/h7H,4-6,8H2,1-3H3. The molecule has 2 nitrogen and oxygen atoms in total. The van der Waals surface area contributed by atoms with Gasteiger partial charge in [-0.2, -0.15) is 0 Å². The molecule has 0 saturated carbocycles. The highest BCUT2D eigenvalue weighted by Gasteiger charge is 2.20. The lowest BCUT2D eigenvalue weighted by Gasteiger charge is -2.20. The van der Waals surface area contributed by atoms with Gasteiger partial charge in [-0.25, -0.2) is 0 Å². The van der Waals surface area contributed by atoms with Gasteiger partial charge < -0.3 is 9.22 Å². The molecule has 0 saturated heterocycles. The third-order valence-corrected chi connectivity index (χ3v) is 4.26. The largest absolute Gasteiger partial charge is 0.418 e. The molecule has 0 aromatic heterocycles. The Balaban J connectivity index is 3.45. The van der Waals surface area contributed by atoms with E-state index in [1.54, 1.807) is 0 Å². The minimum absolute atomic E-state index is 0.684. The van der Waals surface area contributed by atoms with Crippen molar-refractivity contribution >= 4 is 14.6 Å². The second-order valence-corrected chi connectivity index (χ2v) is 7.56. The summed E-state index contributed by atoms with van der Waals surface area (Å²) in [4.78, 5) is 10.0. The van der Waals surface area contributed by atoms with Gasteiger partial charge in [0.05, 0.1) is 0 Å². The van der Waals surface area contributed by atoms with Crippen molar-refractivity contribution < 1.29 is 9.22 Å². The Bertz CT molecular complexity index is 113. The molecule has 0 aliphatic rings. The molecule has 0 aromatic rings. The Hall–Kier alpha value is -0.153. The summed E-state index contributed by atoms with van der Waals surface area (Å²) in [6, 6.07) is 1.10. The van der Waals surface area contributed by atoms with Gasteiger partial charge in [0.1, 0.15) is 6.29 Å². The first kappa shape index (κ1) is 10.8. The van der Waals surface area contributed by atoms with Crippen LogP contribution in [0.15, 0.2) is 0 Å². The molecule has 0 radical (unpaired) electrons. The summed E-state index contributed by atoms with van der Waals surface area (Å²) in [5.74, 6) is 0. The molecule has 0 spiro atoms. The van der Waals surface area contributed by atoms with Crippen LogP contribution >= 0.6 is 0 Å². The third-order valence-electron chi connectivity index (χ3n) is 1.64. The molecule has 0 aliphatic carbocycles. The van der Waals surface area contributed by atoms with E-state index >= 15 is 0 Å². The lowest BCUT2D eigenvalue weighted by molar-refractivity contribution is -0.107.